The van der Waals surface area contributed by atoms with Crippen LogP contribution in [-0.4, -0.2) is 20.7 Å². The number of nitrogens with zero attached hydrogens (tertiary/aromatic N) is 1. The molecule has 27 heavy (non-hydrogen) atoms. The molecule has 0 N–H and O–H groups in total. The molecule has 5 heteroatoms. The van der Waals surface area contributed by atoms with E-state index in [1.165, 1.54) is 4.31 Å². The third-order valence-corrected chi connectivity index (χ3v) is 6.71. The number of aryl methyl sites for hydroxylation is 1. The molecule has 1 aliphatic rings. The van der Waals surface area contributed by atoms with Crippen LogP contribution < -0.4 is 4.31 Å². The van der Waals surface area contributed by atoms with Gasteiger partial charge in [0.1, 0.15) is 0 Å². The predicted octanol–water partition coefficient (Wildman–Crippen LogP) is 4.17. The molecule has 0 bridgehead atoms. The Morgan fingerprint density at radius 2 is 1.48 bits per heavy atom. The van der Waals surface area contributed by atoms with Gasteiger partial charge in [-0.1, -0.05) is 60.2 Å². The zero-order valence-electron chi connectivity index (χ0n) is 14.9. The van der Waals surface area contributed by atoms with Crippen molar-refractivity contribution in [3.8, 4) is 0 Å². The van der Waals surface area contributed by atoms with E-state index < -0.39 is 15.9 Å². The summed E-state index contributed by atoms with van der Waals surface area (Å²) in [6.07, 6.45) is 0. The second kappa shape index (κ2) is 6.67. The predicted molar refractivity (Wildman–Crippen MR) is 106 cm³/mol. The van der Waals surface area contributed by atoms with Gasteiger partial charge in [0.2, 0.25) is 0 Å². The van der Waals surface area contributed by atoms with Crippen molar-refractivity contribution in [3.63, 3.8) is 0 Å². The van der Waals surface area contributed by atoms with Gasteiger partial charge < -0.3 is 0 Å². The van der Waals surface area contributed by atoms with Crippen LogP contribution in [0.2, 0.25) is 0 Å². The molecule has 0 aliphatic carbocycles. The molecular formula is C22H19NO3S. The number of anilines is 1. The number of para-hydroxylation sites is 1. The molecule has 136 valence electrons. The van der Waals surface area contributed by atoms with Crippen molar-refractivity contribution >= 4 is 21.5 Å². The van der Waals surface area contributed by atoms with Crippen LogP contribution in [0.3, 0.4) is 0 Å². The molecule has 1 unspecified atom stereocenters. The monoisotopic (exact) mass is 377 g/mol. The van der Waals surface area contributed by atoms with E-state index in [1.54, 1.807) is 48.5 Å². The summed E-state index contributed by atoms with van der Waals surface area (Å²) in [6.45, 7) is 2.01. The van der Waals surface area contributed by atoms with E-state index in [-0.39, 0.29) is 17.2 Å². The minimum absolute atomic E-state index is 0.0489. The Balaban J connectivity index is 1.85. The molecule has 0 amide bonds. The molecule has 1 aliphatic heterocycles. The van der Waals surface area contributed by atoms with Gasteiger partial charge in [-0.05, 0) is 36.8 Å². The van der Waals surface area contributed by atoms with E-state index in [1.807, 2.05) is 37.3 Å². The minimum atomic E-state index is -3.78. The lowest BCUT2D eigenvalue weighted by atomic mass is 9.87. The molecular weight excluding hydrogens is 358 g/mol. The third kappa shape index (κ3) is 3.04. The maximum atomic E-state index is 13.4. The van der Waals surface area contributed by atoms with E-state index in [4.69, 9.17) is 0 Å². The number of carbonyl (C=O) groups is 1. The number of hydrogen-bond acceptors (Lipinski definition) is 3. The lowest BCUT2D eigenvalue weighted by Gasteiger charge is -2.34. The van der Waals surface area contributed by atoms with Crippen molar-refractivity contribution in [2.45, 2.75) is 17.7 Å². The van der Waals surface area contributed by atoms with Gasteiger partial charge in [0.15, 0.2) is 5.78 Å². The molecule has 4 nitrogen and oxygen atoms in total. The molecule has 0 spiro atoms. The Labute approximate surface area is 159 Å². The lowest BCUT2D eigenvalue weighted by molar-refractivity contribution is 0.0958. The van der Waals surface area contributed by atoms with Crippen LogP contribution >= 0.6 is 0 Å². The van der Waals surface area contributed by atoms with Gasteiger partial charge in [0, 0.05) is 12.1 Å². The first-order valence-electron chi connectivity index (χ1n) is 8.76. The number of Topliss-reactive ketones (excluding diaryl/α,β-unsaturated/α-hetero) is 1. The van der Waals surface area contributed by atoms with Gasteiger partial charge in [-0.2, -0.15) is 0 Å². The zero-order valence-corrected chi connectivity index (χ0v) is 15.7. The van der Waals surface area contributed by atoms with Crippen LogP contribution in [0.4, 0.5) is 5.69 Å². The Bertz CT molecular complexity index is 1090. The minimum Gasteiger partial charge on any atom is -0.293 e. The second-order valence-corrected chi connectivity index (χ2v) is 8.56. The summed E-state index contributed by atoms with van der Waals surface area (Å²) in [5, 5.41) is 0. The lowest BCUT2D eigenvalue weighted by Crippen LogP contribution is -2.41. The quantitative estimate of drug-likeness (QED) is 0.688. The second-order valence-electron chi connectivity index (χ2n) is 6.69. The summed E-state index contributed by atoms with van der Waals surface area (Å²) in [6, 6.07) is 23.0. The number of benzene rings is 3. The fraction of sp³-hybridized carbons (Fsp3) is 0.136. The van der Waals surface area contributed by atoms with Crippen molar-refractivity contribution in [2.24, 2.45) is 0 Å². The standard InChI is InChI=1S/C22H19NO3S/c1-16-11-13-18(14-12-16)27(25,26)23-15-20(17-7-3-2-4-8-17)22(24)19-9-5-6-10-21(19)23/h2-14,20H,15H2,1H3. The number of sulfonamides is 1. The highest BCUT2D eigenvalue weighted by Gasteiger charge is 2.38. The van der Waals surface area contributed by atoms with Gasteiger partial charge in [-0.25, -0.2) is 8.42 Å². The smallest absolute Gasteiger partial charge is 0.264 e. The number of rotatable bonds is 3. The summed E-state index contributed by atoms with van der Waals surface area (Å²) < 4.78 is 28.1. The van der Waals surface area contributed by atoms with Crippen LogP contribution in [0.15, 0.2) is 83.8 Å². The maximum Gasteiger partial charge on any atom is 0.264 e. The van der Waals surface area contributed by atoms with E-state index in [0.29, 0.717) is 11.3 Å². The van der Waals surface area contributed by atoms with Gasteiger partial charge in [0.25, 0.3) is 10.0 Å². The first-order valence-corrected chi connectivity index (χ1v) is 10.2. The number of fused-ring (bicyclic) bond motifs is 1. The molecule has 0 aromatic heterocycles. The van der Waals surface area contributed by atoms with Crippen molar-refractivity contribution < 1.29 is 13.2 Å². The summed E-state index contributed by atoms with van der Waals surface area (Å²) in [5.74, 6) is -0.575. The van der Waals surface area contributed by atoms with Crippen molar-refractivity contribution in [1.82, 2.24) is 0 Å². The molecule has 4 rings (SSSR count). The zero-order chi connectivity index (χ0) is 19.0. The van der Waals surface area contributed by atoms with Crippen LogP contribution in [0.1, 0.15) is 27.4 Å². The normalized spacial score (nSPS) is 16.9. The van der Waals surface area contributed by atoms with Crippen molar-refractivity contribution in [1.29, 1.82) is 0 Å². The largest absolute Gasteiger partial charge is 0.293 e. The first-order chi connectivity index (χ1) is 13.0. The van der Waals surface area contributed by atoms with Gasteiger partial charge in [0.05, 0.1) is 16.5 Å². The molecule has 0 fully saturated rings. The SMILES string of the molecule is Cc1ccc(S(=O)(=O)N2CC(c3ccccc3)C(=O)c3ccccc32)cc1. The highest BCUT2D eigenvalue weighted by molar-refractivity contribution is 7.92. The van der Waals surface area contributed by atoms with Crippen LogP contribution in [-0.2, 0) is 10.0 Å². The molecule has 3 aromatic carbocycles. The molecule has 1 heterocycles. The summed E-state index contributed by atoms with van der Waals surface area (Å²) >= 11 is 0. The number of ketones is 1. The van der Waals surface area contributed by atoms with E-state index in [9.17, 15) is 13.2 Å². The van der Waals surface area contributed by atoms with Crippen LogP contribution in [0.25, 0.3) is 0 Å². The molecule has 1 atom stereocenters. The Morgan fingerprint density at radius 1 is 0.852 bits per heavy atom. The highest BCUT2D eigenvalue weighted by atomic mass is 32.2. The summed E-state index contributed by atoms with van der Waals surface area (Å²) in [5.41, 5.74) is 2.69. The topological polar surface area (TPSA) is 54.5 Å². The van der Waals surface area contributed by atoms with Gasteiger partial charge >= 0.3 is 0 Å². The molecule has 0 saturated heterocycles. The fourth-order valence-corrected chi connectivity index (χ4v) is 4.94. The third-order valence-electron chi connectivity index (χ3n) is 4.91. The highest BCUT2D eigenvalue weighted by Crippen LogP contribution is 2.37. The summed E-state index contributed by atoms with van der Waals surface area (Å²) in [7, 11) is -3.78. The van der Waals surface area contributed by atoms with E-state index in [2.05, 4.69) is 0 Å². The van der Waals surface area contributed by atoms with E-state index in [0.717, 1.165) is 11.1 Å². The number of hydrogen-bond donors (Lipinski definition) is 0. The average molecular weight is 377 g/mol. The molecule has 0 radical (unpaired) electrons. The Hall–Kier alpha value is -2.92. The molecule has 0 saturated carbocycles. The van der Waals surface area contributed by atoms with Gasteiger partial charge in [-0.15, -0.1) is 0 Å². The first kappa shape index (κ1) is 17.5. The van der Waals surface area contributed by atoms with Crippen molar-refractivity contribution in [3.05, 3.63) is 95.6 Å². The molecule has 3 aromatic rings. The van der Waals surface area contributed by atoms with E-state index >= 15 is 0 Å². The van der Waals surface area contributed by atoms with Crippen LogP contribution in [0, 0.1) is 6.92 Å². The average Bonchev–Trinajstić information content (AvgIpc) is 2.69. The van der Waals surface area contributed by atoms with Crippen molar-refractivity contribution in [2.75, 3.05) is 10.8 Å². The number of carbonyl (C=O) groups excluding carboxylic acids is 1. The fourth-order valence-electron chi connectivity index (χ4n) is 3.44. The van der Waals surface area contributed by atoms with Gasteiger partial charge in [-0.3, -0.25) is 9.10 Å². The Morgan fingerprint density at radius 3 is 2.19 bits per heavy atom. The maximum absolute atomic E-state index is 13.4. The summed E-state index contributed by atoms with van der Waals surface area (Å²) in [4.78, 5) is 13.3. The van der Waals surface area contributed by atoms with Crippen LogP contribution in [0.5, 0.6) is 0 Å². The Kier molecular flexibility index (Phi) is 4.32.